The van der Waals surface area contributed by atoms with Crippen LogP contribution in [-0.2, 0) is 9.59 Å². The molecule has 2 heterocycles. The average molecular weight is 385 g/mol. The third-order valence-electron chi connectivity index (χ3n) is 3.75. The lowest BCUT2D eigenvalue weighted by atomic mass is 10.1. The number of benzene rings is 1. The molecule has 0 spiro atoms. The van der Waals surface area contributed by atoms with Crippen LogP contribution in [0.4, 0.5) is 5.95 Å². The van der Waals surface area contributed by atoms with Gasteiger partial charge in [0.2, 0.25) is 17.8 Å². The number of amides is 2. The Morgan fingerprint density at radius 1 is 1.26 bits per heavy atom. The summed E-state index contributed by atoms with van der Waals surface area (Å²) in [5.74, 6) is 0.799. The highest BCUT2D eigenvalue weighted by molar-refractivity contribution is 7.10. The topological polar surface area (TPSA) is 109 Å². The zero-order valence-corrected chi connectivity index (χ0v) is 15.7. The molecule has 0 saturated carbocycles. The van der Waals surface area contributed by atoms with E-state index < -0.39 is 6.04 Å². The number of hydrogen-bond acceptors (Lipinski definition) is 6. The molecule has 0 radical (unpaired) electrons. The van der Waals surface area contributed by atoms with Gasteiger partial charge in [0.05, 0.1) is 25.1 Å². The van der Waals surface area contributed by atoms with Crippen molar-refractivity contribution in [2.24, 2.45) is 0 Å². The number of carbonyl (C=O) groups is 2. The normalized spacial score (nSPS) is 11.6. The van der Waals surface area contributed by atoms with Crippen LogP contribution in [0.5, 0.6) is 5.75 Å². The van der Waals surface area contributed by atoms with E-state index in [0.29, 0.717) is 11.6 Å². The molecule has 27 heavy (non-hydrogen) atoms. The molecule has 3 aromatic rings. The molecular weight excluding hydrogens is 366 g/mol. The van der Waals surface area contributed by atoms with E-state index in [1.54, 1.807) is 7.11 Å². The summed E-state index contributed by atoms with van der Waals surface area (Å²) in [7, 11) is 1.57. The van der Waals surface area contributed by atoms with Crippen LogP contribution >= 0.6 is 11.3 Å². The summed E-state index contributed by atoms with van der Waals surface area (Å²) in [6, 6.07) is 10.7. The van der Waals surface area contributed by atoms with E-state index in [4.69, 9.17) is 4.74 Å². The number of nitrogens with zero attached hydrogens (tertiary/aromatic N) is 2. The number of carbonyl (C=O) groups excluding carboxylic acids is 2. The van der Waals surface area contributed by atoms with Crippen LogP contribution in [0.15, 0.2) is 41.8 Å². The summed E-state index contributed by atoms with van der Waals surface area (Å²) in [5, 5.41) is 14.2. The number of H-pyrrole nitrogens is 1. The Morgan fingerprint density at radius 2 is 2.07 bits per heavy atom. The van der Waals surface area contributed by atoms with Crippen molar-refractivity contribution in [1.29, 1.82) is 0 Å². The molecule has 2 amide bonds. The number of aromatic nitrogens is 3. The molecule has 3 rings (SSSR count). The van der Waals surface area contributed by atoms with E-state index in [1.165, 1.54) is 18.3 Å². The molecule has 0 saturated heterocycles. The Hall–Kier alpha value is -3.20. The maximum Gasteiger partial charge on any atom is 0.249 e. The van der Waals surface area contributed by atoms with Crippen molar-refractivity contribution in [1.82, 2.24) is 20.5 Å². The molecule has 9 heteroatoms. The predicted octanol–water partition coefficient (Wildman–Crippen LogP) is 2.75. The van der Waals surface area contributed by atoms with E-state index in [2.05, 4.69) is 25.8 Å². The fraction of sp³-hybridized carbons (Fsp3) is 0.222. The van der Waals surface area contributed by atoms with Crippen LogP contribution in [0.2, 0.25) is 0 Å². The highest BCUT2D eigenvalue weighted by atomic mass is 32.1. The van der Waals surface area contributed by atoms with E-state index in [0.717, 1.165) is 10.4 Å². The molecule has 0 unspecified atom stereocenters. The molecular formula is C18H19N5O3S. The number of rotatable bonds is 7. The maximum absolute atomic E-state index is 12.4. The summed E-state index contributed by atoms with van der Waals surface area (Å²) >= 11 is 1.48. The Kier molecular flexibility index (Phi) is 5.82. The maximum atomic E-state index is 12.4. The standard InChI is InChI=1S/C18H19N5O3S/c1-11(24)19-13(15-8-5-9-27-15)10-16(25)20-18-21-17(22-23-18)12-6-3-4-7-14(12)26-2/h3-9,13H,10H2,1-2H3,(H,19,24)(H2,20,21,22,23,25)/t13-/m0/s1. The molecule has 3 N–H and O–H groups in total. The van der Waals surface area contributed by atoms with Crippen molar-refractivity contribution in [2.45, 2.75) is 19.4 Å². The van der Waals surface area contributed by atoms with Crippen molar-refractivity contribution >= 4 is 29.1 Å². The Morgan fingerprint density at radius 3 is 2.78 bits per heavy atom. The smallest absolute Gasteiger partial charge is 0.249 e. The summed E-state index contributed by atoms with van der Waals surface area (Å²) < 4.78 is 5.31. The van der Waals surface area contributed by atoms with Crippen molar-refractivity contribution < 1.29 is 14.3 Å². The minimum Gasteiger partial charge on any atom is -0.496 e. The zero-order chi connectivity index (χ0) is 19.2. The molecule has 0 aliphatic carbocycles. The Bertz CT molecular complexity index is 923. The van der Waals surface area contributed by atoms with Crippen LogP contribution in [0.25, 0.3) is 11.4 Å². The number of hydrogen-bond donors (Lipinski definition) is 3. The van der Waals surface area contributed by atoms with Crippen molar-refractivity contribution in [3.05, 3.63) is 46.7 Å². The third-order valence-corrected chi connectivity index (χ3v) is 4.74. The number of aromatic amines is 1. The van der Waals surface area contributed by atoms with Crippen molar-refractivity contribution in [3.8, 4) is 17.1 Å². The number of para-hydroxylation sites is 1. The SMILES string of the molecule is COc1ccccc1-c1nc(NC(=O)C[C@H](NC(C)=O)c2cccs2)n[nH]1. The predicted molar refractivity (Wildman–Crippen MR) is 102 cm³/mol. The fourth-order valence-electron chi connectivity index (χ4n) is 2.60. The van der Waals surface area contributed by atoms with Gasteiger partial charge in [0.25, 0.3) is 0 Å². The van der Waals surface area contributed by atoms with Gasteiger partial charge in [0.1, 0.15) is 5.75 Å². The minimum absolute atomic E-state index is 0.0820. The van der Waals surface area contributed by atoms with Crippen LogP contribution in [0.3, 0.4) is 0 Å². The van der Waals surface area contributed by atoms with Gasteiger partial charge < -0.3 is 10.1 Å². The molecule has 2 aromatic heterocycles. The lowest BCUT2D eigenvalue weighted by molar-refractivity contribution is -0.120. The van der Waals surface area contributed by atoms with Crippen molar-refractivity contribution in [2.75, 3.05) is 12.4 Å². The summed E-state index contributed by atoms with van der Waals surface area (Å²) in [6.07, 6.45) is 0.0820. The zero-order valence-electron chi connectivity index (χ0n) is 14.9. The first-order chi connectivity index (χ1) is 13.1. The molecule has 1 aromatic carbocycles. The number of anilines is 1. The first kappa shape index (κ1) is 18.6. The highest BCUT2D eigenvalue weighted by Gasteiger charge is 2.19. The van der Waals surface area contributed by atoms with Crippen LogP contribution in [-0.4, -0.2) is 34.1 Å². The van der Waals surface area contributed by atoms with Gasteiger partial charge in [-0.2, -0.15) is 4.98 Å². The monoisotopic (exact) mass is 385 g/mol. The van der Waals surface area contributed by atoms with Crippen LogP contribution in [0, 0.1) is 0 Å². The van der Waals surface area contributed by atoms with Gasteiger partial charge >= 0.3 is 0 Å². The second-order valence-electron chi connectivity index (χ2n) is 5.73. The Labute approximate surface area is 160 Å². The van der Waals surface area contributed by atoms with Gasteiger partial charge in [-0.05, 0) is 23.6 Å². The van der Waals surface area contributed by atoms with Gasteiger partial charge in [0, 0.05) is 11.8 Å². The lowest BCUT2D eigenvalue weighted by Gasteiger charge is -2.15. The molecule has 0 fully saturated rings. The van der Waals surface area contributed by atoms with Crippen LogP contribution in [0.1, 0.15) is 24.3 Å². The fourth-order valence-corrected chi connectivity index (χ4v) is 3.38. The lowest BCUT2D eigenvalue weighted by Crippen LogP contribution is -2.29. The van der Waals surface area contributed by atoms with E-state index in [-0.39, 0.29) is 24.2 Å². The summed E-state index contributed by atoms with van der Waals surface area (Å²) in [5.41, 5.74) is 0.739. The second kappa shape index (κ2) is 8.45. The van der Waals surface area contributed by atoms with Gasteiger partial charge in [0.15, 0.2) is 5.82 Å². The summed E-state index contributed by atoms with van der Waals surface area (Å²) in [6.45, 7) is 1.42. The van der Waals surface area contributed by atoms with Crippen LogP contribution < -0.4 is 15.4 Å². The summed E-state index contributed by atoms with van der Waals surface area (Å²) in [4.78, 5) is 29.0. The highest BCUT2D eigenvalue weighted by Crippen LogP contribution is 2.27. The Balaban J connectivity index is 1.69. The minimum atomic E-state index is -0.393. The van der Waals surface area contributed by atoms with Crippen molar-refractivity contribution in [3.63, 3.8) is 0 Å². The van der Waals surface area contributed by atoms with Gasteiger partial charge in [-0.15, -0.1) is 16.4 Å². The second-order valence-corrected chi connectivity index (χ2v) is 6.71. The molecule has 140 valence electrons. The molecule has 8 nitrogen and oxygen atoms in total. The van der Waals surface area contributed by atoms with E-state index in [1.807, 2.05) is 41.8 Å². The number of ether oxygens (including phenoxy) is 1. The van der Waals surface area contributed by atoms with Gasteiger partial charge in [-0.1, -0.05) is 18.2 Å². The molecule has 0 bridgehead atoms. The van der Waals surface area contributed by atoms with Gasteiger partial charge in [-0.3, -0.25) is 20.0 Å². The molecule has 1 atom stereocenters. The van der Waals surface area contributed by atoms with Gasteiger partial charge in [-0.25, -0.2) is 0 Å². The number of thiophene rings is 1. The number of nitrogens with one attached hydrogen (secondary N) is 3. The van der Waals surface area contributed by atoms with E-state index in [9.17, 15) is 9.59 Å². The first-order valence-electron chi connectivity index (χ1n) is 8.23. The first-order valence-corrected chi connectivity index (χ1v) is 9.11. The molecule has 0 aliphatic rings. The van der Waals surface area contributed by atoms with E-state index >= 15 is 0 Å². The average Bonchev–Trinajstić information content (AvgIpc) is 3.32. The molecule has 0 aliphatic heterocycles. The third kappa shape index (κ3) is 4.70. The number of methoxy groups -OCH3 is 1. The largest absolute Gasteiger partial charge is 0.496 e. The quantitative estimate of drug-likeness (QED) is 0.579.